The fourth-order valence-corrected chi connectivity index (χ4v) is 3.22. The van der Waals surface area contributed by atoms with Crippen LogP contribution in [-0.4, -0.2) is 32.6 Å². The van der Waals surface area contributed by atoms with E-state index < -0.39 is 14.9 Å². The summed E-state index contributed by atoms with van der Waals surface area (Å²) in [6.45, 7) is 0.911. The Balaban J connectivity index is 1.96. The summed E-state index contributed by atoms with van der Waals surface area (Å²) in [5, 5.41) is 10.6. The van der Waals surface area contributed by atoms with E-state index in [1.54, 1.807) is 6.07 Å². The van der Waals surface area contributed by atoms with Crippen molar-refractivity contribution in [1.29, 1.82) is 0 Å². The van der Waals surface area contributed by atoms with Crippen LogP contribution >= 0.6 is 0 Å². The van der Waals surface area contributed by atoms with Gasteiger partial charge in [-0.15, -0.1) is 0 Å². The standard InChI is InChI=1S/C12H16N2O5S/c15-14(16)11-4-1-3-10(7-11)9-20(17,18)13-8-12-5-2-6-19-12/h1,3-4,7,12-13H,2,5-6,8-9H2/t12-/m1/s1. The van der Waals surface area contributed by atoms with E-state index in [9.17, 15) is 18.5 Å². The van der Waals surface area contributed by atoms with Crippen molar-refractivity contribution in [3.8, 4) is 0 Å². The number of sulfonamides is 1. The van der Waals surface area contributed by atoms with E-state index in [-0.39, 0.29) is 24.1 Å². The van der Waals surface area contributed by atoms with Crippen molar-refractivity contribution in [2.75, 3.05) is 13.2 Å². The molecule has 8 heteroatoms. The van der Waals surface area contributed by atoms with Crippen LogP contribution in [0.4, 0.5) is 5.69 Å². The molecule has 1 aliphatic heterocycles. The van der Waals surface area contributed by atoms with Crippen LogP contribution in [0.15, 0.2) is 24.3 Å². The smallest absolute Gasteiger partial charge is 0.269 e. The number of nitrogens with zero attached hydrogens (tertiary/aromatic N) is 1. The van der Waals surface area contributed by atoms with Gasteiger partial charge < -0.3 is 4.74 Å². The maximum absolute atomic E-state index is 11.9. The molecule has 1 fully saturated rings. The van der Waals surface area contributed by atoms with Crippen molar-refractivity contribution in [1.82, 2.24) is 4.72 Å². The summed E-state index contributed by atoms with van der Waals surface area (Å²) < 4.78 is 31.6. The maximum atomic E-state index is 11.9. The number of nitro groups is 1. The lowest BCUT2D eigenvalue weighted by molar-refractivity contribution is -0.384. The van der Waals surface area contributed by atoms with Gasteiger partial charge in [0.1, 0.15) is 0 Å². The van der Waals surface area contributed by atoms with Gasteiger partial charge in [-0.1, -0.05) is 12.1 Å². The molecule has 1 aliphatic rings. The van der Waals surface area contributed by atoms with Gasteiger partial charge in [0.15, 0.2) is 0 Å². The zero-order valence-corrected chi connectivity index (χ0v) is 11.6. The van der Waals surface area contributed by atoms with Crippen LogP contribution in [0, 0.1) is 10.1 Å². The Kier molecular flexibility index (Phi) is 4.69. The number of non-ortho nitro benzene ring substituents is 1. The molecule has 1 atom stereocenters. The van der Waals surface area contributed by atoms with E-state index in [1.807, 2.05) is 0 Å². The fourth-order valence-electron chi connectivity index (χ4n) is 2.06. The molecule has 0 bridgehead atoms. The normalized spacial score (nSPS) is 19.1. The molecule has 1 saturated heterocycles. The summed E-state index contributed by atoms with van der Waals surface area (Å²) in [5.74, 6) is -0.276. The van der Waals surface area contributed by atoms with Crippen molar-refractivity contribution >= 4 is 15.7 Å². The summed E-state index contributed by atoms with van der Waals surface area (Å²) in [6.07, 6.45) is 1.71. The van der Waals surface area contributed by atoms with Crippen molar-refractivity contribution in [3.63, 3.8) is 0 Å². The monoisotopic (exact) mass is 300 g/mol. The highest BCUT2D eigenvalue weighted by Crippen LogP contribution is 2.15. The lowest BCUT2D eigenvalue weighted by Crippen LogP contribution is -2.32. The highest BCUT2D eigenvalue weighted by atomic mass is 32.2. The number of hydrogen-bond acceptors (Lipinski definition) is 5. The second kappa shape index (κ2) is 6.29. The van der Waals surface area contributed by atoms with Gasteiger partial charge in [0, 0.05) is 25.3 Å². The van der Waals surface area contributed by atoms with E-state index in [2.05, 4.69) is 4.72 Å². The summed E-state index contributed by atoms with van der Waals surface area (Å²) in [7, 11) is -3.52. The third-order valence-electron chi connectivity index (χ3n) is 3.03. The van der Waals surface area contributed by atoms with Crippen LogP contribution in [0.3, 0.4) is 0 Å². The van der Waals surface area contributed by atoms with E-state index in [4.69, 9.17) is 4.74 Å². The van der Waals surface area contributed by atoms with Gasteiger partial charge in [0.05, 0.1) is 16.8 Å². The first-order valence-corrected chi connectivity index (χ1v) is 7.94. The molecule has 7 nitrogen and oxygen atoms in total. The van der Waals surface area contributed by atoms with Crippen LogP contribution in [0.1, 0.15) is 18.4 Å². The Morgan fingerprint density at radius 2 is 2.25 bits per heavy atom. The van der Waals surface area contributed by atoms with Gasteiger partial charge in [-0.05, 0) is 18.4 Å². The maximum Gasteiger partial charge on any atom is 0.269 e. The lowest BCUT2D eigenvalue weighted by Gasteiger charge is -2.11. The summed E-state index contributed by atoms with van der Waals surface area (Å²) in [6, 6.07) is 5.63. The Labute approximate surface area is 117 Å². The molecule has 20 heavy (non-hydrogen) atoms. The number of ether oxygens (including phenoxy) is 1. The Bertz CT molecular complexity index is 581. The van der Waals surface area contributed by atoms with Gasteiger partial charge in [-0.25, -0.2) is 13.1 Å². The molecule has 0 amide bonds. The third kappa shape index (κ3) is 4.26. The highest BCUT2D eigenvalue weighted by Gasteiger charge is 2.19. The molecule has 0 unspecified atom stereocenters. The fraction of sp³-hybridized carbons (Fsp3) is 0.500. The van der Waals surface area contributed by atoms with Gasteiger partial charge in [-0.3, -0.25) is 10.1 Å². The minimum atomic E-state index is -3.52. The molecule has 2 rings (SSSR count). The molecule has 0 spiro atoms. The Hall–Kier alpha value is -1.51. The summed E-state index contributed by atoms with van der Waals surface area (Å²) in [5.41, 5.74) is 0.274. The first kappa shape index (κ1) is 14.9. The summed E-state index contributed by atoms with van der Waals surface area (Å²) in [4.78, 5) is 10.1. The SMILES string of the molecule is O=[N+]([O-])c1cccc(CS(=O)(=O)NC[C@H]2CCCO2)c1. The zero-order valence-electron chi connectivity index (χ0n) is 10.8. The minimum Gasteiger partial charge on any atom is -0.377 e. The first-order valence-electron chi connectivity index (χ1n) is 6.28. The van der Waals surface area contributed by atoms with Crippen LogP contribution in [0.2, 0.25) is 0 Å². The quantitative estimate of drug-likeness (QED) is 0.628. The van der Waals surface area contributed by atoms with Gasteiger partial charge in [-0.2, -0.15) is 0 Å². The topological polar surface area (TPSA) is 98.5 Å². The number of nitrogens with one attached hydrogen (secondary N) is 1. The van der Waals surface area contributed by atoms with E-state index in [1.165, 1.54) is 18.2 Å². The largest absolute Gasteiger partial charge is 0.377 e. The average Bonchev–Trinajstić information content (AvgIpc) is 2.89. The van der Waals surface area contributed by atoms with Crippen LogP contribution in [0.5, 0.6) is 0 Å². The van der Waals surface area contributed by atoms with Crippen LogP contribution < -0.4 is 4.72 Å². The Morgan fingerprint density at radius 3 is 2.90 bits per heavy atom. The van der Waals surface area contributed by atoms with Gasteiger partial charge >= 0.3 is 0 Å². The Morgan fingerprint density at radius 1 is 1.45 bits per heavy atom. The molecule has 0 aliphatic carbocycles. The van der Waals surface area contributed by atoms with E-state index >= 15 is 0 Å². The van der Waals surface area contributed by atoms with E-state index in [0.717, 1.165) is 12.8 Å². The number of benzene rings is 1. The lowest BCUT2D eigenvalue weighted by atomic mass is 10.2. The summed E-state index contributed by atoms with van der Waals surface area (Å²) >= 11 is 0. The van der Waals surface area contributed by atoms with Crippen LogP contribution in [0.25, 0.3) is 0 Å². The molecule has 0 saturated carbocycles. The first-order chi connectivity index (χ1) is 9.46. The van der Waals surface area contributed by atoms with Gasteiger partial charge in [0.2, 0.25) is 10.0 Å². The highest BCUT2D eigenvalue weighted by molar-refractivity contribution is 7.88. The predicted molar refractivity (Wildman–Crippen MR) is 72.7 cm³/mol. The number of rotatable bonds is 6. The second-order valence-corrected chi connectivity index (χ2v) is 6.48. The minimum absolute atomic E-state index is 0.0742. The average molecular weight is 300 g/mol. The molecule has 1 aromatic rings. The molecule has 1 heterocycles. The molecule has 1 N–H and O–H groups in total. The molecule has 0 radical (unpaired) electrons. The second-order valence-electron chi connectivity index (χ2n) is 4.67. The number of nitro benzene ring substituents is 1. The van der Waals surface area contributed by atoms with Crippen molar-refractivity contribution in [3.05, 3.63) is 39.9 Å². The van der Waals surface area contributed by atoms with Crippen LogP contribution in [-0.2, 0) is 20.5 Å². The zero-order chi connectivity index (χ0) is 14.6. The molecule has 0 aromatic heterocycles. The molecule has 110 valence electrons. The van der Waals surface area contributed by atoms with Crippen molar-refractivity contribution in [2.45, 2.75) is 24.7 Å². The van der Waals surface area contributed by atoms with Gasteiger partial charge in [0.25, 0.3) is 5.69 Å². The number of hydrogen-bond donors (Lipinski definition) is 1. The molecular weight excluding hydrogens is 284 g/mol. The van der Waals surface area contributed by atoms with Crippen molar-refractivity contribution in [2.24, 2.45) is 0 Å². The third-order valence-corrected chi connectivity index (χ3v) is 4.35. The predicted octanol–water partition coefficient (Wildman–Crippen LogP) is 1.19. The van der Waals surface area contributed by atoms with Crippen molar-refractivity contribution < 1.29 is 18.1 Å². The van der Waals surface area contributed by atoms with E-state index in [0.29, 0.717) is 12.2 Å². The molecular formula is C12H16N2O5S. The molecule has 1 aromatic carbocycles.